The minimum atomic E-state index is 0.302. The quantitative estimate of drug-likeness (QED) is 0.701. The molecule has 84 valence electrons. The first-order valence-corrected chi connectivity index (χ1v) is 5.46. The van der Waals surface area contributed by atoms with Crippen LogP contribution in [0.3, 0.4) is 0 Å². The highest BCUT2D eigenvalue weighted by Crippen LogP contribution is 2.25. The fourth-order valence-electron chi connectivity index (χ4n) is 1.90. The lowest BCUT2D eigenvalue weighted by Gasteiger charge is -2.09. The minimum absolute atomic E-state index is 0.302. The first-order chi connectivity index (χ1) is 8.34. The average molecular weight is 224 g/mol. The Hall–Kier alpha value is -2.42. The van der Waals surface area contributed by atoms with Gasteiger partial charge in [-0.25, -0.2) is 0 Å². The molecule has 2 aromatic carbocycles. The number of benzene rings is 2. The highest BCUT2D eigenvalue weighted by Gasteiger charge is 2.03. The van der Waals surface area contributed by atoms with Crippen LogP contribution in [0, 0.1) is 0 Å². The number of phenolic OH excluding ortho intramolecular Hbond substituents is 1. The van der Waals surface area contributed by atoms with Crippen LogP contribution in [0.15, 0.2) is 60.8 Å². The van der Waals surface area contributed by atoms with E-state index in [1.165, 1.54) is 0 Å². The van der Waals surface area contributed by atoms with Crippen molar-refractivity contribution in [3.8, 4) is 5.75 Å². The summed E-state index contributed by atoms with van der Waals surface area (Å²) in [6.45, 7) is 0. The third-order valence-electron chi connectivity index (χ3n) is 2.73. The third kappa shape index (κ3) is 1.72. The van der Waals surface area contributed by atoms with Gasteiger partial charge in [-0.3, -0.25) is 10.1 Å². The number of nitrogens with one attached hydrogen (secondary N) is 1. The predicted octanol–water partition coefficient (Wildman–Crippen LogP) is 3.22. The maximum atomic E-state index is 9.71. The van der Waals surface area contributed by atoms with Gasteiger partial charge in [0.1, 0.15) is 5.75 Å². The van der Waals surface area contributed by atoms with Crippen LogP contribution in [0.5, 0.6) is 5.75 Å². The standard InChI is InChI=1S/C14H12N2O/c17-14-8-4-7-13-12(14)9-10-16(13)15-11-5-2-1-3-6-11/h1-10,15,17H. The Labute approximate surface area is 98.9 Å². The number of aromatic hydroxyl groups is 1. The molecule has 0 aliphatic rings. The smallest absolute Gasteiger partial charge is 0.125 e. The first kappa shape index (κ1) is 9.78. The zero-order valence-corrected chi connectivity index (χ0v) is 9.17. The normalized spacial score (nSPS) is 10.6. The Balaban J connectivity index is 2.05. The molecule has 0 unspecified atom stereocenters. The Kier molecular flexibility index (Phi) is 2.22. The van der Waals surface area contributed by atoms with E-state index in [4.69, 9.17) is 0 Å². The van der Waals surface area contributed by atoms with Crippen LogP contribution in [0.1, 0.15) is 0 Å². The van der Waals surface area contributed by atoms with Crippen LogP contribution < -0.4 is 5.43 Å². The number of para-hydroxylation sites is 1. The molecule has 1 heterocycles. The molecule has 3 nitrogen and oxygen atoms in total. The first-order valence-electron chi connectivity index (χ1n) is 5.46. The number of hydrogen-bond acceptors (Lipinski definition) is 2. The van der Waals surface area contributed by atoms with E-state index in [9.17, 15) is 5.11 Å². The lowest BCUT2D eigenvalue weighted by atomic mass is 10.2. The van der Waals surface area contributed by atoms with Crippen molar-refractivity contribution in [3.63, 3.8) is 0 Å². The average Bonchev–Trinajstić information content (AvgIpc) is 2.76. The minimum Gasteiger partial charge on any atom is -0.507 e. The molecule has 0 spiro atoms. The fourth-order valence-corrected chi connectivity index (χ4v) is 1.90. The Morgan fingerprint density at radius 3 is 2.53 bits per heavy atom. The summed E-state index contributed by atoms with van der Waals surface area (Å²) in [7, 11) is 0. The van der Waals surface area contributed by atoms with Gasteiger partial charge >= 0.3 is 0 Å². The van der Waals surface area contributed by atoms with Crippen LogP contribution in [-0.4, -0.2) is 9.78 Å². The molecule has 0 aliphatic heterocycles. The molecule has 0 fully saturated rings. The number of aromatic nitrogens is 1. The fraction of sp³-hybridized carbons (Fsp3) is 0. The van der Waals surface area contributed by atoms with E-state index in [2.05, 4.69) is 5.43 Å². The van der Waals surface area contributed by atoms with Crippen molar-refractivity contribution in [2.75, 3.05) is 5.43 Å². The highest BCUT2D eigenvalue weighted by atomic mass is 16.3. The van der Waals surface area contributed by atoms with E-state index in [0.29, 0.717) is 5.75 Å². The van der Waals surface area contributed by atoms with Crippen LogP contribution in [-0.2, 0) is 0 Å². The molecular formula is C14H12N2O. The van der Waals surface area contributed by atoms with E-state index >= 15 is 0 Å². The molecule has 0 saturated heterocycles. The molecule has 1 aromatic heterocycles. The largest absolute Gasteiger partial charge is 0.507 e. The lowest BCUT2D eigenvalue weighted by Crippen LogP contribution is -2.06. The zero-order chi connectivity index (χ0) is 11.7. The molecule has 0 atom stereocenters. The van der Waals surface area contributed by atoms with Crippen LogP contribution >= 0.6 is 0 Å². The zero-order valence-electron chi connectivity index (χ0n) is 9.17. The van der Waals surface area contributed by atoms with Crippen molar-refractivity contribution in [2.24, 2.45) is 0 Å². The van der Waals surface area contributed by atoms with Crippen molar-refractivity contribution in [1.29, 1.82) is 0 Å². The van der Waals surface area contributed by atoms with E-state index in [0.717, 1.165) is 16.6 Å². The molecule has 0 saturated carbocycles. The number of anilines is 1. The monoisotopic (exact) mass is 224 g/mol. The van der Waals surface area contributed by atoms with Crippen molar-refractivity contribution in [3.05, 3.63) is 60.8 Å². The van der Waals surface area contributed by atoms with E-state index < -0.39 is 0 Å². The summed E-state index contributed by atoms with van der Waals surface area (Å²) in [6, 6.07) is 17.3. The molecule has 0 bridgehead atoms. The number of hydrogen-bond donors (Lipinski definition) is 2. The van der Waals surface area contributed by atoms with Gasteiger partial charge in [0.15, 0.2) is 0 Å². The summed E-state index contributed by atoms with van der Waals surface area (Å²) in [5, 5.41) is 10.6. The Morgan fingerprint density at radius 1 is 0.882 bits per heavy atom. The summed E-state index contributed by atoms with van der Waals surface area (Å²) in [5.41, 5.74) is 5.22. The van der Waals surface area contributed by atoms with Gasteiger partial charge in [-0.1, -0.05) is 24.3 Å². The molecule has 2 N–H and O–H groups in total. The van der Waals surface area contributed by atoms with Crippen molar-refractivity contribution < 1.29 is 5.11 Å². The maximum Gasteiger partial charge on any atom is 0.125 e. The van der Waals surface area contributed by atoms with E-state index in [-0.39, 0.29) is 0 Å². The van der Waals surface area contributed by atoms with Gasteiger partial charge in [0.05, 0.1) is 11.2 Å². The van der Waals surface area contributed by atoms with E-state index in [1.807, 2.05) is 59.4 Å². The molecule has 0 amide bonds. The van der Waals surface area contributed by atoms with Gasteiger partial charge in [0.2, 0.25) is 0 Å². The summed E-state index contributed by atoms with van der Waals surface area (Å²) in [6.07, 6.45) is 1.90. The summed E-state index contributed by atoms with van der Waals surface area (Å²) < 4.78 is 1.89. The van der Waals surface area contributed by atoms with Crippen molar-refractivity contribution >= 4 is 16.6 Å². The molecular weight excluding hydrogens is 212 g/mol. The molecule has 3 aromatic rings. The van der Waals surface area contributed by atoms with Gasteiger partial charge < -0.3 is 5.11 Å². The maximum absolute atomic E-state index is 9.71. The molecule has 0 aliphatic carbocycles. The predicted molar refractivity (Wildman–Crippen MR) is 69.1 cm³/mol. The second-order valence-corrected chi connectivity index (χ2v) is 3.87. The van der Waals surface area contributed by atoms with Crippen LogP contribution in [0.2, 0.25) is 0 Å². The van der Waals surface area contributed by atoms with Crippen LogP contribution in [0.25, 0.3) is 10.9 Å². The number of nitrogens with zero attached hydrogens (tertiary/aromatic N) is 1. The molecule has 17 heavy (non-hydrogen) atoms. The molecule has 0 radical (unpaired) electrons. The summed E-state index contributed by atoms with van der Waals surface area (Å²) in [5.74, 6) is 0.302. The summed E-state index contributed by atoms with van der Waals surface area (Å²) in [4.78, 5) is 0. The highest BCUT2D eigenvalue weighted by molar-refractivity contribution is 5.86. The van der Waals surface area contributed by atoms with Gasteiger partial charge in [-0.05, 0) is 30.3 Å². The topological polar surface area (TPSA) is 37.2 Å². The number of phenols is 1. The SMILES string of the molecule is Oc1cccc2c1ccn2Nc1ccccc1. The van der Waals surface area contributed by atoms with Gasteiger partial charge in [0.25, 0.3) is 0 Å². The van der Waals surface area contributed by atoms with Gasteiger partial charge in [0, 0.05) is 11.6 Å². The molecule has 3 rings (SSSR count). The van der Waals surface area contributed by atoms with Gasteiger partial charge in [-0.2, -0.15) is 0 Å². The Morgan fingerprint density at radius 2 is 1.71 bits per heavy atom. The van der Waals surface area contributed by atoms with Gasteiger partial charge in [-0.15, -0.1) is 0 Å². The van der Waals surface area contributed by atoms with Crippen molar-refractivity contribution in [2.45, 2.75) is 0 Å². The third-order valence-corrected chi connectivity index (χ3v) is 2.73. The van der Waals surface area contributed by atoms with Crippen LogP contribution in [0.4, 0.5) is 5.69 Å². The number of rotatable bonds is 2. The van der Waals surface area contributed by atoms with E-state index in [1.54, 1.807) is 6.07 Å². The number of fused-ring (bicyclic) bond motifs is 1. The molecule has 3 heteroatoms. The lowest BCUT2D eigenvalue weighted by molar-refractivity contribution is 0.481. The Bertz CT molecular complexity index is 644. The van der Waals surface area contributed by atoms with Crippen molar-refractivity contribution in [1.82, 2.24) is 4.68 Å². The second kappa shape index (κ2) is 3.87. The summed E-state index contributed by atoms with van der Waals surface area (Å²) >= 11 is 0. The second-order valence-electron chi connectivity index (χ2n) is 3.87.